The van der Waals surface area contributed by atoms with Crippen LogP contribution < -0.4 is 5.73 Å². The lowest BCUT2D eigenvalue weighted by molar-refractivity contribution is 0.573. The lowest BCUT2D eigenvalue weighted by atomic mass is 9.99. The number of aryl methyl sites for hydroxylation is 1. The summed E-state index contributed by atoms with van der Waals surface area (Å²) in [6.07, 6.45) is 3.09. The topological polar surface area (TPSA) is 38.9 Å². The van der Waals surface area contributed by atoms with Gasteiger partial charge < -0.3 is 5.73 Å². The van der Waals surface area contributed by atoms with Crippen molar-refractivity contribution in [2.45, 2.75) is 25.3 Å². The van der Waals surface area contributed by atoms with Crippen molar-refractivity contribution in [1.29, 1.82) is 0 Å². The zero-order valence-electron chi connectivity index (χ0n) is 9.62. The summed E-state index contributed by atoms with van der Waals surface area (Å²) in [7, 11) is 0. The maximum atomic E-state index is 13.4. The second kappa shape index (κ2) is 4.72. The minimum absolute atomic E-state index is 0.0944. The van der Waals surface area contributed by atoms with Gasteiger partial charge in [-0.2, -0.15) is 0 Å². The molecule has 0 aliphatic heterocycles. The van der Waals surface area contributed by atoms with Crippen LogP contribution >= 0.6 is 27.3 Å². The van der Waals surface area contributed by atoms with E-state index < -0.39 is 0 Å². The Bertz CT molecular complexity index is 576. The standard InChI is InChI=1S/C13H12BrFN2S/c14-8-4-7(5-9(15)6-8)13-17-11-3-1-2-10(16)12(11)18-13/h4-6,10H,1-3,16H2. The second-order valence-corrected chi connectivity index (χ2v) is 6.43. The van der Waals surface area contributed by atoms with E-state index in [2.05, 4.69) is 20.9 Å². The third-order valence-corrected chi connectivity index (χ3v) is 4.84. The Kier molecular flexibility index (Phi) is 3.21. The fourth-order valence-electron chi connectivity index (χ4n) is 2.25. The highest BCUT2D eigenvalue weighted by Gasteiger charge is 2.22. The van der Waals surface area contributed by atoms with Gasteiger partial charge in [0.2, 0.25) is 0 Å². The van der Waals surface area contributed by atoms with Gasteiger partial charge in [0.1, 0.15) is 10.8 Å². The third-order valence-electron chi connectivity index (χ3n) is 3.10. The van der Waals surface area contributed by atoms with E-state index in [9.17, 15) is 4.39 Å². The summed E-state index contributed by atoms with van der Waals surface area (Å²) in [6, 6.07) is 4.94. The number of nitrogens with two attached hydrogens (primary N) is 1. The molecule has 1 heterocycles. The number of nitrogens with zero attached hydrogens (tertiary/aromatic N) is 1. The summed E-state index contributed by atoms with van der Waals surface area (Å²) in [5, 5.41) is 0.859. The summed E-state index contributed by atoms with van der Waals surface area (Å²) < 4.78 is 14.1. The maximum absolute atomic E-state index is 13.4. The van der Waals surface area contributed by atoms with Crippen molar-refractivity contribution in [3.8, 4) is 10.6 Å². The molecule has 1 aliphatic rings. The van der Waals surface area contributed by atoms with Gasteiger partial charge in [-0.25, -0.2) is 9.37 Å². The predicted molar refractivity (Wildman–Crippen MR) is 75.1 cm³/mol. The Balaban J connectivity index is 2.07. The van der Waals surface area contributed by atoms with Gasteiger partial charge in [0.15, 0.2) is 0 Å². The first kappa shape index (κ1) is 12.3. The largest absolute Gasteiger partial charge is 0.323 e. The number of fused-ring (bicyclic) bond motifs is 1. The van der Waals surface area contributed by atoms with Crippen LogP contribution in [0.25, 0.3) is 10.6 Å². The molecular weight excluding hydrogens is 315 g/mol. The molecule has 0 amide bonds. The summed E-state index contributed by atoms with van der Waals surface area (Å²) >= 11 is 4.90. The number of benzene rings is 1. The summed E-state index contributed by atoms with van der Waals surface area (Å²) in [6.45, 7) is 0. The Morgan fingerprint density at radius 3 is 2.94 bits per heavy atom. The van der Waals surface area contributed by atoms with Crippen LogP contribution in [0.5, 0.6) is 0 Å². The number of hydrogen-bond acceptors (Lipinski definition) is 3. The third kappa shape index (κ3) is 2.22. The molecule has 0 spiro atoms. The van der Waals surface area contributed by atoms with Gasteiger partial charge in [-0.3, -0.25) is 0 Å². The van der Waals surface area contributed by atoms with Crippen molar-refractivity contribution in [3.05, 3.63) is 39.1 Å². The molecule has 0 bridgehead atoms. The minimum Gasteiger partial charge on any atom is -0.323 e. The molecular formula is C13H12BrFN2S. The molecule has 0 saturated heterocycles. The maximum Gasteiger partial charge on any atom is 0.125 e. The van der Waals surface area contributed by atoms with E-state index in [4.69, 9.17) is 5.73 Å². The smallest absolute Gasteiger partial charge is 0.125 e. The summed E-state index contributed by atoms with van der Waals surface area (Å²) in [4.78, 5) is 5.77. The van der Waals surface area contributed by atoms with Crippen molar-refractivity contribution < 1.29 is 4.39 Å². The van der Waals surface area contributed by atoms with Gasteiger partial charge >= 0.3 is 0 Å². The molecule has 0 saturated carbocycles. The van der Waals surface area contributed by atoms with E-state index in [0.717, 1.165) is 44.9 Å². The Labute approximate surface area is 117 Å². The summed E-state index contributed by atoms with van der Waals surface area (Å²) in [5.74, 6) is -0.253. The van der Waals surface area contributed by atoms with Crippen molar-refractivity contribution in [1.82, 2.24) is 4.98 Å². The zero-order chi connectivity index (χ0) is 12.7. The predicted octanol–water partition coefficient (Wildman–Crippen LogP) is 4.05. The van der Waals surface area contributed by atoms with E-state index >= 15 is 0 Å². The average molecular weight is 327 g/mol. The Hall–Kier alpha value is -0.780. The van der Waals surface area contributed by atoms with Crippen LogP contribution in [-0.4, -0.2) is 4.98 Å². The SMILES string of the molecule is NC1CCCc2nc(-c3cc(F)cc(Br)c3)sc21. The molecule has 1 aliphatic carbocycles. The second-order valence-electron chi connectivity index (χ2n) is 4.49. The van der Waals surface area contributed by atoms with Crippen LogP contribution in [0.3, 0.4) is 0 Å². The van der Waals surface area contributed by atoms with Crippen molar-refractivity contribution >= 4 is 27.3 Å². The molecule has 1 unspecified atom stereocenters. The quantitative estimate of drug-likeness (QED) is 0.858. The number of thiazole rings is 1. The van der Waals surface area contributed by atoms with Crippen LogP contribution in [0, 0.1) is 5.82 Å². The molecule has 1 atom stereocenters. The minimum atomic E-state index is -0.253. The Morgan fingerprint density at radius 1 is 1.39 bits per heavy atom. The molecule has 0 fully saturated rings. The van der Waals surface area contributed by atoms with Crippen LogP contribution in [0.15, 0.2) is 22.7 Å². The van der Waals surface area contributed by atoms with Crippen molar-refractivity contribution in [2.24, 2.45) is 5.73 Å². The normalized spacial score (nSPS) is 18.7. The summed E-state index contributed by atoms with van der Waals surface area (Å²) in [5.41, 5.74) is 7.99. The number of rotatable bonds is 1. The molecule has 2 aromatic rings. The molecule has 5 heteroatoms. The van der Waals surface area contributed by atoms with Gasteiger partial charge in [-0.1, -0.05) is 15.9 Å². The highest BCUT2D eigenvalue weighted by atomic mass is 79.9. The van der Waals surface area contributed by atoms with E-state index in [1.165, 1.54) is 12.1 Å². The molecule has 2 nitrogen and oxygen atoms in total. The first-order valence-electron chi connectivity index (χ1n) is 5.85. The van der Waals surface area contributed by atoms with Gasteiger partial charge in [-0.15, -0.1) is 11.3 Å². The van der Waals surface area contributed by atoms with Gasteiger partial charge in [-0.05, 0) is 37.5 Å². The molecule has 2 N–H and O–H groups in total. The number of hydrogen-bond donors (Lipinski definition) is 1. The zero-order valence-corrected chi connectivity index (χ0v) is 12.0. The highest BCUT2D eigenvalue weighted by molar-refractivity contribution is 9.10. The van der Waals surface area contributed by atoms with E-state index in [1.54, 1.807) is 11.3 Å². The van der Waals surface area contributed by atoms with Gasteiger partial charge in [0.25, 0.3) is 0 Å². The van der Waals surface area contributed by atoms with Crippen molar-refractivity contribution in [2.75, 3.05) is 0 Å². The number of halogens is 2. The van der Waals surface area contributed by atoms with Crippen LogP contribution in [0.2, 0.25) is 0 Å². The molecule has 1 aromatic carbocycles. The monoisotopic (exact) mass is 326 g/mol. The first-order valence-corrected chi connectivity index (χ1v) is 7.46. The fourth-order valence-corrected chi connectivity index (χ4v) is 3.85. The van der Waals surface area contributed by atoms with E-state index in [-0.39, 0.29) is 11.9 Å². The molecule has 18 heavy (non-hydrogen) atoms. The highest BCUT2D eigenvalue weighted by Crippen LogP contribution is 2.37. The average Bonchev–Trinajstić information content (AvgIpc) is 2.73. The fraction of sp³-hybridized carbons (Fsp3) is 0.308. The lowest BCUT2D eigenvalue weighted by Gasteiger charge is -2.15. The van der Waals surface area contributed by atoms with Crippen LogP contribution in [-0.2, 0) is 6.42 Å². The Morgan fingerprint density at radius 2 is 2.22 bits per heavy atom. The van der Waals surface area contributed by atoms with Crippen LogP contribution in [0.1, 0.15) is 29.5 Å². The molecule has 0 radical (unpaired) electrons. The molecule has 3 rings (SSSR count). The van der Waals surface area contributed by atoms with E-state index in [1.807, 2.05) is 6.07 Å². The number of aromatic nitrogens is 1. The van der Waals surface area contributed by atoms with Crippen molar-refractivity contribution in [3.63, 3.8) is 0 Å². The molecule has 1 aromatic heterocycles. The lowest BCUT2D eigenvalue weighted by Crippen LogP contribution is -2.15. The van der Waals surface area contributed by atoms with E-state index in [0.29, 0.717) is 0 Å². The van der Waals surface area contributed by atoms with Crippen LogP contribution in [0.4, 0.5) is 4.39 Å². The molecule has 94 valence electrons. The first-order chi connectivity index (χ1) is 8.63. The van der Waals surface area contributed by atoms with Gasteiger partial charge in [0, 0.05) is 21.0 Å². The van der Waals surface area contributed by atoms with Gasteiger partial charge in [0.05, 0.1) is 5.69 Å².